The summed E-state index contributed by atoms with van der Waals surface area (Å²) in [4.78, 5) is 47.7. The lowest BCUT2D eigenvalue weighted by Crippen LogP contribution is -2.46. The molecule has 1 aliphatic rings. The lowest BCUT2D eigenvalue weighted by Gasteiger charge is -2.26. The van der Waals surface area contributed by atoms with Crippen molar-refractivity contribution in [1.82, 2.24) is 16.0 Å². The van der Waals surface area contributed by atoms with Gasteiger partial charge in [0.1, 0.15) is 13.2 Å². The Morgan fingerprint density at radius 1 is 0.829 bits per heavy atom. The van der Waals surface area contributed by atoms with Crippen molar-refractivity contribution in [3.05, 3.63) is 59.7 Å². The number of nitrogens with one attached hydrogen (secondary N) is 3. The zero-order valence-electron chi connectivity index (χ0n) is 19.9. The molecule has 0 aliphatic heterocycles. The molecule has 9 heteroatoms. The minimum atomic E-state index is -1.04. The van der Waals surface area contributed by atoms with E-state index in [1.165, 1.54) is 0 Å². The van der Waals surface area contributed by atoms with Gasteiger partial charge in [-0.15, -0.1) is 0 Å². The van der Waals surface area contributed by atoms with Crippen LogP contribution in [0.15, 0.2) is 48.5 Å². The van der Waals surface area contributed by atoms with Crippen LogP contribution in [-0.2, 0) is 19.1 Å². The van der Waals surface area contributed by atoms with Crippen molar-refractivity contribution < 1.29 is 29.0 Å². The fourth-order valence-corrected chi connectivity index (χ4v) is 4.25. The highest BCUT2D eigenvalue weighted by Crippen LogP contribution is 2.44. The predicted molar refractivity (Wildman–Crippen MR) is 130 cm³/mol. The average molecular weight is 482 g/mol. The first kappa shape index (κ1) is 25.7. The first-order valence-electron chi connectivity index (χ1n) is 11.7. The van der Waals surface area contributed by atoms with Gasteiger partial charge in [-0.05, 0) is 35.1 Å². The van der Waals surface area contributed by atoms with Gasteiger partial charge in [0.15, 0.2) is 0 Å². The monoisotopic (exact) mass is 481 g/mol. The van der Waals surface area contributed by atoms with Crippen LogP contribution in [0.4, 0.5) is 4.79 Å². The van der Waals surface area contributed by atoms with Crippen LogP contribution in [0.1, 0.15) is 43.7 Å². The second-order valence-electron chi connectivity index (χ2n) is 8.53. The Morgan fingerprint density at radius 2 is 1.34 bits per heavy atom. The molecule has 0 atom stereocenters. The van der Waals surface area contributed by atoms with E-state index in [-0.39, 0.29) is 32.2 Å². The molecule has 0 spiro atoms. The maximum Gasteiger partial charge on any atom is 0.407 e. The van der Waals surface area contributed by atoms with Crippen LogP contribution in [-0.4, -0.2) is 55.2 Å². The van der Waals surface area contributed by atoms with Crippen molar-refractivity contribution in [3.8, 4) is 11.1 Å². The first-order chi connectivity index (χ1) is 16.8. The van der Waals surface area contributed by atoms with E-state index in [0.717, 1.165) is 22.3 Å². The van der Waals surface area contributed by atoms with Crippen LogP contribution in [0.5, 0.6) is 0 Å². The lowest BCUT2D eigenvalue weighted by molar-refractivity contribution is -0.149. The van der Waals surface area contributed by atoms with Gasteiger partial charge in [0.25, 0.3) is 0 Å². The fraction of sp³-hybridized carbons (Fsp3) is 0.385. The standard InChI is InChI=1S/C26H31N3O6/c1-3-26(4-2,24(32)33)16-29-23(31)13-27-22(30)14-28-25(34)35-15-21-19-11-7-5-9-17(19)18-10-6-8-12-20(18)21/h5-12,21H,3-4,13-16H2,1-2H3,(H,27,30)(H,28,34)(H,29,31)(H,32,33). The summed E-state index contributed by atoms with van der Waals surface area (Å²) in [5.74, 6) is -2.13. The molecule has 2 aromatic rings. The SMILES string of the molecule is CCC(CC)(CNC(=O)CNC(=O)CNC(=O)OCC1c2ccccc2-c2ccccc21)C(=O)O. The second-order valence-corrected chi connectivity index (χ2v) is 8.53. The summed E-state index contributed by atoms with van der Waals surface area (Å²) in [7, 11) is 0. The van der Waals surface area contributed by atoms with E-state index in [1.807, 2.05) is 48.5 Å². The van der Waals surface area contributed by atoms with Crippen molar-refractivity contribution >= 4 is 23.9 Å². The van der Waals surface area contributed by atoms with Gasteiger partial charge < -0.3 is 25.8 Å². The van der Waals surface area contributed by atoms with Crippen LogP contribution < -0.4 is 16.0 Å². The smallest absolute Gasteiger partial charge is 0.407 e. The number of aliphatic carboxylic acids is 1. The van der Waals surface area contributed by atoms with Crippen LogP contribution in [0.25, 0.3) is 11.1 Å². The molecule has 0 saturated heterocycles. The van der Waals surface area contributed by atoms with E-state index >= 15 is 0 Å². The number of fused-ring (bicyclic) bond motifs is 3. The second kappa shape index (κ2) is 11.5. The molecule has 0 fully saturated rings. The lowest BCUT2D eigenvalue weighted by atomic mass is 9.82. The molecule has 0 heterocycles. The highest BCUT2D eigenvalue weighted by Gasteiger charge is 2.35. The van der Waals surface area contributed by atoms with E-state index in [2.05, 4.69) is 16.0 Å². The number of carboxylic acids is 1. The number of hydrogen-bond donors (Lipinski definition) is 4. The van der Waals surface area contributed by atoms with E-state index in [4.69, 9.17) is 4.74 Å². The quantitative estimate of drug-likeness (QED) is 0.390. The molecule has 3 rings (SSSR count). The normalized spacial score (nSPS) is 12.3. The number of carbonyl (C=O) groups excluding carboxylic acids is 3. The summed E-state index contributed by atoms with van der Waals surface area (Å²) >= 11 is 0. The highest BCUT2D eigenvalue weighted by atomic mass is 16.5. The Morgan fingerprint density at radius 3 is 1.89 bits per heavy atom. The molecule has 9 nitrogen and oxygen atoms in total. The minimum absolute atomic E-state index is 0.0258. The molecule has 2 aromatic carbocycles. The van der Waals surface area contributed by atoms with Crippen LogP contribution in [0.3, 0.4) is 0 Å². The summed E-state index contributed by atoms with van der Waals surface area (Å²) < 4.78 is 5.37. The number of rotatable bonds is 11. The third kappa shape index (κ3) is 5.98. The molecule has 4 N–H and O–H groups in total. The van der Waals surface area contributed by atoms with Gasteiger partial charge in [-0.2, -0.15) is 0 Å². The number of hydrogen-bond acceptors (Lipinski definition) is 5. The largest absolute Gasteiger partial charge is 0.481 e. The molecule has 35 heavy (non-hydrogen) atoms. The van der Waals surface area contributed by atoms with Gasteiger partial charge in [-0.1, -0.05) is 62.4 Å². The average Bonchev–Trinajstić information content (AvgIpc) is 3.19. The van der Waals surface area contributed by atoms with Crippen molar-refractivity contribution in [1.29, 1.82) is 0 Å². The molecule has 0 radical (unpaired) electrons. The molecule has 186 valence electrons. The van der Waals surface area contributed by atoms with Crippen molar-refractivity contribution in [2.75, 3.05) is 26.2 Å². The van der Waals surface area contributed by atoms with E-state index < -0.39 is 29.3 Å². The number of carbonyl (C=O) groups is 4. The van der Waals surface area contributed by atoms with E-state index in [1.54, 1.807) is 13.8 Å². The van der Waals surface area contributed by atoms with Gasteiger partial charge in [-0.3, -0.25) is 14.4 Å². The third-order valence-corrected chi connectivity index (χ3v) is 6.61. The molecule has 0 bridgehead atoms. The number of carboxylic acid groups (broad SMARTS) is 1. The predicted octanol–water partition coefficient (Wildman–Crippen LogP) is 2.65. The Hall–Kier alpha value is -3.88. The van der Waals surface area contributed by atoms with Crippen molar-refractivity contribution in [2.24, 2.45) is 5.41 Å². The maximum absolute atomic E-state index is 12.2. The Kier molecular flexibility index (Phi) is 8.46. The van der Waals surface area contributed by atoms with E-state index in [0.29, 0.717) is 12.8 Å². The summed E-state index contributed by atoms with van der Waals surface area (Å²) in [6.07, 6.45) is 0.00835. The summed E-state index contributed by atoms with van der Waals surface area (Å²) in [5.41, 5.74) is 3.37. The van der Waals surface area contributed by atoms with Crippen LogP contribution >= 0.6 is 0 Å². The van der Waals surface area contributed by atoms with Crippen LogP contribution in [0, 0.1) is 5.41 Å². The topological polar surface area (TPSA) is 134 Å². The van der Waals surface area contributed by atoms with Gasteiger partial charge >= 0.3 is 12.1 Å². The van der Waals surface area contributed by atoms with Crippen LogP contribution in [0.2, 0.25) is 0 Å². The molecule has 1 aliphatic carbocycles. The molecular weight excluding hydrogens is 450 g/mol. The molecule has 0 aromatic heterocycles. The summed E-state index contributed by atoms with van der Waals surface area (Å²) in [6.45, 7) is 2.93. The van der Waals surface area contributed by atoms with Crippen molar-refractivity contribution in [2.45, 2.75) is 32.6 Å². The number of amides is 3. The minimum Gasteiger partial charge on any atom is -0.481 e. The molecule has 3 amide bonds. The summed E-state index contributed by atoms with van der Waals surface area (Å²) in [5, 5.41) is 16.7. The number of alkyl carbamates (subject to hydrolysis) is 1. The molecule has 0 saturated carbocycles. The summed E-state index contributed by atoms with van der Waals surface area (Å²) in [6, 6.07) is 16.0. The Balaban J connectivity index is 1.41. The van der Waals surface area contributed by atoms with Gasteiger partial charge in [0, 0.05) is 12.5 Å². The first-order valence-corrected chi connectivity index (χ1v) is 11.7. The zero-order chi connectivity index (χ0) is 25.4. The Bertz CT molecular complexity index is 1050. The highest BCUT2D eigenvalue weighted by molar-refractivity contribution is 5.87. The van der Waals surface area contributed by atoms with Crippen molar-refractivity contribution in [3.63, 3.8) is 0 Å². The van der Waals surface area contributed by atoms with Gasteiger partial charge in [0.2, 0.25) is 11.8 Å². The zero-order valence-corrected chi connectivity index (χ0v) is 19.9. The number of ether oxygens (including phenoxy) is 1. The van der Waals surface area contributed by atoms with E-state index in [9.17, 15) is 24.3 Å². The molecule has 0 unspecified atom stereocenters. The molecular formula is C26H31N3O6. The number of benzene rings is 2. The van der Waals surface area contributed by atoms with Gasteiger partial charge in [0.05, 0.1) is 12.0 Å². The maximum atomic E-state index is 12.2. The van der Waals surface area contributed by atoms with Gasteiger partial charge in [-0.25, -0.2) is 4.79 Å². The third-order valence-electron chi connectivity index (χ3n) is 6.61. The Labute approximate surface area is 204 Å². The fourth-order valence-electron chi connectivity index (χ4n) is 4.25.